The molecule has 0 radical (unpaired) electrons. The third-order valence-electron chi connectivity index (χ3n) is 3.59. The minimum Gasteiger partial charge on any atom is -0.348 e. The van der Waals surface area contributed by atoms with Crippen molar-refractivity contribution < 1.29 is 4.79 Å². The second-order valence-corrected chi connectivity index (χ2v) is 4.98. The summed E-state index contributed by atoms with van der Waals surface area (Å²) >= 11 is 0. The predicted octanol–water partition coefficient (Wildman–Crippen LogP) is 0.696. The van der Waals surface area contributed by atoms with Crippen molar-refractivity contribution in [2.75, 3.05) is 0 Å². The first-order valence-electron chi connectivity index (χ1n) is 6.69. The van der Waals surface area contributed by atoms with Crippen LogP contribution in [0.15, 0.2) is 30.9 Å². The van der Waals surface area contributed by atoms with Crippen molar-refractivity contribution in [1.82, 2.24) is 25.6 Å². The summed E-state index contributed by atoms with van der Waals surface area (Å²) in [7, 11) is 0. The molecule has 2 aromatic rings. The Kier molecular flexibility index (Phi) is 3.47. The molecule has 6 heteroatoms. The van der Waals surface area contributed by atoms with Crippen molar-refractivity contribution in [3.05, 3.63) is 47.8 Å². The molecular weight excluding hydrogens is 254 g/mol. The summed E-state index contributed by atoms with van der Waals surface area (Å²) in [6.07, 6.45) is 5.78. The van der Waals surface area contributed by atoms with Gasteiger partial charge in [-0.15, -0.1) is 0 Å². The number of hydrogen-bond donors (Lipinski definition) is 3. The van der Waals surface area contributed by atoms with Crippen LogP contribution in [-0.4, -0.2) is 26.9 Å². The van der Waals surface area contributed by atoms with Crippen LogP contribution in [0.4, 0.5) is 0 Å². The van der Waals surface area contributed by atoms with E-state index in [2.05, 4.69) is 25.6 Å². The van der Waals surface area contributed by atoms with E-state index in [1.807, 2.05) is 19.1 Å². The molecule has 0 fully saturated rings. The number of carbonyl (C=O) groups excluding carboxylic acids is 1. The molecule has 0 bridgehead atoms. The van der Waals surface area contributed by atoms with Gasteiger partial charge < -0.3 is 10.3 Å². The number of pyridine rings is 1. The molecule has 0 aromatic carbocycles. The van der Waals surface area contributed by atoms with Crippen molar-refractivity contribution in [1.29, 1.82) is 0 Å². The van der Waals surface area contributed by atoms with E-state index >= 15 is 0 Å². The van der Waals surface area contributed by atoms with Gasteiger partial charge in [0, 0.05) is 25.4 Å². The molecule has 6 nitrogen and oxygen atoms in total. The molecule has 0 saturated heterocycles. The van der Waals surface area contributed by atoms with E-state index in [-0.39, 0.29) is 18.0 Å². The average molecular weight is 271 g/mol. The standard InChI is InChI=1S/C14H17N5O/c1-9(10-3-2-4-15-6-10)19-14(20)12-5-11-13(7-16-12)18-8-17-11/h2-4,6,8-9,12,16H,5,7H2,1H3,(H,17,18)(H,19,20)/t9-,12?/m1/s1. The van der Waals surface area contributed by atoms with Crippen LogP contribution >= 0.6 is 0 Å². The molecule has 3 rings (SSSR count). The van der Waals surface area contributed by atoms with Crippen molar-refractivity contribution in [3.8, 4) is 0 Å². The lowest BCUT2D eigenvalue weighted by atomic mass is 10.0. The summed E-state index contributed by atoms with van der Waals surface area (Å²) in [4.78, 5) is 23.7. The molecule has 20 heavy (non-hydrogen) atoms. The van der Waals surface area contributed by atoms with Gasteiger partial charge in [-0.2, -0.15) is 0 Å². The summed E-state index contributed by atoms with van der Waals surface area (Å²) in [6, 6.07) is 3.54. The van der Waals surface area contributed by atoms with Gasteiger partial charge in [0.05, 0.1) is 29.8 Å². The zero-order valence-corrected chi connectivity index (χ0v) is 11.3. The summed E-state index contributed by atoms with van der Waals surface area (Å²) in [6.45, 7) is 2.60. The number of hydrogen-bond acceptors (Lipinski definition) is 4. The lowest BCUT2D eigenvalue weighted by molar-refractivity contribution is -0.124. The number of nitrogens with one attached hydrogen (secondary N) is 3. The SMILES string of the molecule is C[C@@H](NC(=O)C1Cc2nc[nH]c2CN1)c1cccnc1. The molecule has 2 atom stereocenters. The number of nitrogens with zero attached hydrogens (tertiary/aromatic N) is 2. The number of fused-ring (bicyclic) bond motifs is 1. The van der Waals surface area contributed by atoms with Crippen LogP contribution in [0.1, 0.15) is 29.9 Å². The molecular formula is C14H17N5O. The smallest absolute Gasteiger partial charge is 0.238 e. The van der Waals surface area contributed by atoms with Crippen LogP contribution in [0.2, 0.25) is 0 Å². The summed E-state index contributed by atoms with van der Waals surface area (Å²) < 4.78 is 0. The van der Waals surface area contributed by atoms with Gasteiger partial charge in [-0.1, -0.05) is 6.07 Å². The molecule has 1 unspecified atom stereocenters. The highest BCUT2D eigenvalue weighted by Gasteiger charge is 2.26. The Morgan fingerprint density at radius 2 is 2.45 bits per heavy atom. The van der Waals surface area contributed by atoms with Gasteiger partial charge in [0.1, 0.15) is 0 Å². The van der Waals surface area contributed by atoms with E-state index in [0.717, 1.165) is 17.0 Å². The number of amides is 1. The number of aromatic nitrogens is 3. The van der Waals surface area contributed by atoms with Gasteiger partial charge in [0.2, 0.25) is 5.91 Å². The molecule has 2 aromatic heterocycles. The maximum absolute atomic E-state index is 12.3. The van der Waals surface area contributed by atoms with Crippen LogP contribution in [0, 0.1) is 0 Å². The highest BCUT2D eigenvalue weighted by Crippen LogP contribution is 2.14. The van der Waals surface area contributed by atoms with Gasteiger partial charge in [0.15, 0.2) is 0 Å². The first-order valence-corrected chi connectivity index (χ1v) is 6.69. The van der Waals surface area contributed by atoms with Crippen molar-refractivity contribution >= 4 is 5.91 Å². The largest absolute Gasteiger partial charge is 0.348 e. The van der Waals surface area contributed by atoms with Crippen LogP contribution in [0.3, 0.4) is 0 Å². The van der Waals surface area contributed by atoms with Gasteiger partial charge in [-0.25, -0.2) is 4.98 Å². The molecule has 0 aliphatic carbocycles. The molecule has 0 spiro atoms. The topological polar surface area (TPSA) is 82.7 Å². The highest BCUT2D eigenvalue weighted by molar-refractivity contribution is 5.82. The second-order valence-electron chi connectivity index (χ2n) is 4.98. The molecule has 3 heterocycles. The normalized spacial score (nSPS) is 19.1. The van der Waals surface area contributed by atoms with E-state index in [0.29, 0.717) is 13.0 Å². The fraction of sp³-hybridized carbons (Fsp3) is 0.357. The Hall–Kier alpha value is -2.21. The fourth-order valence-electron chi connectivity index (χ4n) is 2.38. The van der Waals surface area contributed by atoms with E-state index in [4.69, 9.17) is 0 Å². The first-order chi connectivity index (χ1) is 9.74. The lowest BCUT2D eigenvalue weighted by Gasteiger charge is -2.24. The molecule has 3 N–H and O–H groups in total. The van der Waals surface area contributed by atoms with Gasteiger partial charge >= 0.3 is 0 Å². The minimum absolute atomic E-state index is 0.00463. The number of imidazole rings is 1. The summed E-state index contributed by atoms with van der Waals surface area (Å²) in [5.74, 6) is -0.00463. The Morgan fingerprint density at radius 1 is 1.55 bits per heavy atom. The van der Waals surface area contributed by atoms with E-state index in [1.54, 1.807) is 18.7 Å². The third kappa shape index (κ3) is 2.55. The van der Waals surface area contributed by atoms with Crippen LogP contribution in [0.25, 0.3) is 0 Å². The zero-order valence-electron chi connectivity index (χ0n) is 11.3. The quantitative estimate of drug-likeness (QED) is 0.767. The van der Waals surface area contributed by atoms with Gasteiger partial charge in [-0.3, -0.25) is 15.1 Å². The number of rotatable bonds is 3. The summed E-state index contributed by atoms with van der Waals surface area (Å²) in [5, 5.41) is 6.23. The van der Waals surface area contributed by atoms with E-state index in [9.17, 15) is 4.79 Å². The molecule has 104 valence electrons. The Bertz CT molecular complexity index is 595. The number of H-pyrrole nitrogens is 1. The van der Waals surface area contributed by atoms with Crippen LogP contribution in [0.5, 0.6) is 0 Å². The summed E-state index contributed by atoms with van der Waals surface area (Å²) in [5.41, 5.74) is 3.03. The minimum atomic E-state index is -0.232. The maximum Gasteiger partial charge on any atom is 0.238 e. The number of aromatic amines is 1. The fourth-order valence-corrected chi connectivity index (χ4v) is 2.38. The lowest BCUT2D eigenvalue weighted by Crippen LogP contribution is -2.48. The molecule has 1 aliphatic heterocycles. The maximum atomic E-state index is 12.3. The van der Waals surface area contributed by atoms with E-state index in [1.165, 1.54) is 0 Å². The second kappa shape index (κ2) is 5.42. The monoisotopic (exact) mass is 271 g/mol. The average Bonchev–Trinajstić information content (AvgIpc) is 2.95. The third-order valence-corrected chi connectivity index (χ3v) is 3.59. The van der Waals surface area contributed by atoms with Crippen LogP contribution < -0.4 is 10.6 Å². The van der Waals surface area contributed by atoms with E-state index < -0.39 is 0 Å². The predicted molar refractivity (Wildman–Crippen MR) is 73.7 cm³/mol. The molecule has 1 amide bonds. The van der Waals surface area contributed by atoms with Gasteiger partial charge in [0.25, 0.3) is 0 Å². The van der Waals surface area contributed by atoms with Gasteiger partial charge in [-0.05, 0) is 18.6 Å². The Balaban J connectivity index is 1.63. The molecule has 0 saturated carbocycles. The molecule has 1 aliphatic rings. The Labute approximate surface area is 117 Å². The van der Waals surface area contributed by atoms with Crippen LogP contribution in [-0.2, 0) is 17.8 Å². The van der Waals surface area contributed by atoms with Crippen molar-refractivity contribution in [2.45, 2.75) is 32.0 Å². The highest BCUT2D eigenvalue weighted by atomic mass is 16.2. The van der Waals surface area contributed by atoms with Crippen molar-refractivity contribution in [3.63, 3.8) is 0 Å². The number of carbonyl (C=O) groups is 1. The zero-order chi connectivity index (χ0) is 13.9. The Morgan fingerprint density at radius 3 is 3.25 bits per heavy atom. The van der Waals surface area contributed by atoms with Crippen molar-refractivity contribution in [2.24, 2.45) is 0 Å². The first kappa shape index (κ1) is 12.8.